The number of anilines is 1. The lowest BCUT2D eigenvalue weighted by atomic mass is 10.1. The van der Waals surface area contributed by atoms with E-state index in [0.29, 0.717) is 76.0 Å². The molecule has 1 fully saturated rings. The minimum atomic E-state index is -0.0986. The Hall–Kier alpha value is -3.20. The Bertz CT molecular complexity index is 1130. The third kappa shape index (κ3) is 3.56. The molecule has 2 aliphatic rings. The lowest BCUT2D eigenvalue weighted by molar-refractivity contribution is -0.132. The number of imidazole rings is 1. The zero-order valence-electron chi connectivity index (χ0n) is 16.7. The summed E-state index contributed by atoms with van der Waals surface area (Å²) in [5.74, 6) is 0.634. The molecule has 5 rings (SSSR count). The monoisotopic (exact) mass is 408 g/mol. The predicted molar refractivity (Wildman–Crippen MR) is 111 cm³/mol. The van der Waals surface area contributed by atoms with E-state index in [1.54, 1.807) is 11.2 Å². The third-order valence-electron chi connectivity index (χ3n) is 5.82. The van der Waals surface area contributed by atoms with E-state index in [2.05, 4.69) is 15.0 Å². The van der Waals surface area contributed by atoms with E-state index in [1.807, 2.05) is 33.7 Å². The van der Waals surface area contributed by atoms with Gasteiger partial charge in [-0.05, 0) is 18.6 Å². The number of rotatable bonds is 4. The Morgan fingerprint density at radius 1 is 1.17 bits per heavy atom. The first-order chi connectivity index (χ1) is 14.7. The summed E-state index contributed by atoms with van der Waals surface area (Å²) < 4.78 is 7.38. The zero-order chi connectivity index (χ0) is 20.5. The molecule has 0 radical (unpaired) electrons. The molecular formula is C21H24N6O3. The molecule has 0 atom stereocenters. The van der Waals surface area contributed by atoms with Crippen molar-refractivity contribution in [2.45, 2.75) is 25.9 Å². The molecule has 2 aromatic heterocycles. The van der Waals surface area contributed by atoms with Crippen LogP contribution in [-0.2, 0) is 29.0 Å². The first kappa shape index (κ1) is 18.8. The largest absolute Gasteiger partial charge is 0.378 e. The molecule has 30 heavy (non-hydrogen) atoms. The van der Waals surface area contributed by atoms with Crippen LogP contribution in [0.5, 0.6) is 0 Å². The lowest BCUT2D eigenvalue weighted by Gasteiger charge is -2.31. The van der Waals surface area contributed by atoms with E-state index >= 15 is 0 Å². The first-order valence-corrected chi connectivity index (χ1v) is 10.3. The van der Waals surface area contributed by atoms with E-state index < -0.39 is 0 Å². The standard InChI is InChI=1S/C21H24N6O3/c28-19(6-8-27-14-22-16-3-1-2-4-18(16)27)26-7-5-15-17(13-26)23-21(24-20(15)29)25-9-11-30-12-10-25/h1-4,14H,5-13H2,(H,23,24,29). The quantitative estimate of drug-likeness (QED) is 0.690. The van der Waals surface area contributed by atoms with E-state index in [9.17, 15) is 9.59 Å². The van der Waals surface area contributed by atoms with Gasteiger partial charge in [-0.2, -0.15) is 0 Å². The molecule has 1 N–H and O–H groups in total. The van der Waals surface area contributed by atoms with Crippen molar-refractivity contribution in [3.05, 3.63) is 52.2 Å². The second-order valence-electron chi connectivity index (χ2n) is 7.66. The van der Waals surface area contributed by atoms with Crippen molar-refractivity contribution in [3.8, 4) is 0 Å². The highest BCUT2D eigenvalue weighted by molar-refractivity contribution is 5.78. The summed E-state index contributed by atoms with van der Waals surface area (Å²) in [6.07, 6.45) is 2.69. The van der Waals surface area contributed by atoms with Crippen molar-refractivity contribution < 1.29 is 9.53 Å². The van der Waals surface area contributed by atoms with Crippen molar-refractivity contribution >= 4 is 22.9 Å². The smallest absolute Gasteiger partial charge is 0.255 e. The second kappa shape index (κ2) is 7.91. The minimum Gasteiger partial charge on any atom is -0.378 e. The molecule has 156 valence electrons. The van der Waals surface area contributed by atoms with Gasteiger partial charge in [0.15, 0.2) is 0 Å². The lowest BCUT2D eigenvalue weighted by Crippen LogP contribution is -2.42. The normalized spacial score (nSPS) is 16.7. The van der Waals surface area contributed by atoms with Gasteiger partial charge in [-0.15, -0.1) is 0 Å². The van der Waals surface area contributed by atoms with E-state index in [-0.39, 0.29) is 11.5 Å². The van der Waals surface area contributed by atoms with Gasteiger partial charge in [0, 0.05) is 38.2 Å². The van der Waals surface area contributed by atoms with Crippen LogP contribution in [0.2, 0.25) is 0 Å². The molecule has 1 saturated heterocycles. The first-order valence-electron chi connectivity index (χ1n) is 10.3. The molecule has 2 aliphatic heterocycles. The van der Waals surface area contributed by atoms with Crippen LogP contribution in [0.15, 0.2) is 35.4 Å². The number of fused-ring (bicyclic) bond motifs is 2. The third-order valence-corrected chi connectivity index (χ3v) is 5.82. The Morgan fingerprint density at radius 2 is 2.00 bits per heavy atom. The van der Waals surface area contributed by atoms with E-state index in [0.717, 1.165) is 11.0 Å². The van der Waals surface area contributed by atoms with Crippen molar-refractivity contribution in [3.63, 3.8) is 0 Å². The molecule has 1 amide bonds. The highest BCUT2D eigenvalue weighted by Gasteiger charge is 2.25. The summed E-state index contributed by atoms with van der Waals surface area (Å²) in [6.45, 7) is 4.12. The molecule has 0 bridgehead atoms. The van der Waals surface area contributed by atoms with Crippen LogP contribution in [0.1, 0.15) is 17.7 Å². The molecule has 0 spiro atoms. The summed E-state index contributed by atoms with van der Waals surface area (Å²) in [6, 6.07) is 7.90. The van der Waals surface area contributed by atoms with Crippen molar-refractivity contribution in [2.24, 2.45) is 0 Å². The Balaban J connectivity index is 1.29. The number of aromatic nitrogens is 4. The summed E-state index contributed by atoms with van der Waals surface area (Å²) in [5, 5.41) is 0. The fourth-order valence-corrected chi connectivity index (χ4v) is 4.13. The highest BCUT2D eigenvalue weighted by Crippen LogP contribution is 2.19. The van der Waals surface area contributed by atoms with Gasteiger partial charge in [-0.3, -0.25) is 14.6 Å². The van der Waals surface area contributed by atoms with Gasteiger partial charge >= 0.3 is 0 Å². The SMILES string of the molecule is O=C(CCn1cnc2ccccc21)N1CCc2c(nc(N3CCOCC3)[nH]c2=O)C1. The van der Waals surface area contributed by atoms with Crippen LogP contribution in [0.3, 0.4) is 0 Å². The molecule has 9 nitrogen and oxygen atoms in total. The number of morpholine rings is 1. The molecule has 1 aromatic carbocycles. The maximum Gasteiger partial charge on any atom is 0.255 e. The molecule has 9 heteroatoms. The summed E-state index contributed by atoms with van der Waals surface area (Å²) >= 11 is 0. The van der Waals surface area contributed by atoms with Crippen LogP contribution in [-0.4, -0.2) is 63.2 Å². The predicted octanol–water partition coefficient (Wildman–Crippen LogP) is 0.931. The van der Waals surface area contributed by atoms with Crippen molar-refractivity contribution in [2.75, 3.05) is 37.7 Å². The molecule has 3 aromatic rings. The number of carbonyl (C=O) groups is 1. The Kier molecular flexibility index (Phi) is 4.96. The maximum atomic E-state index is 12.9. The summed E-state index contributed by atoms with van der Waals surface area (Å²) in [5.41, 5.74) is 3.25. The number of nitrogens with one attached hydrogen (secondary N) is 1. The molecule has 0 saturated carbocycles. The van der Waals surface area contributed by atoms with Crippen LogP contribution >= 0.6 is 0 Å². The number of para-hydroxylation sites is 2. The number of benzene rings is 1. The average Bonchev–Trinajstić information content (AvgIpc) is 3.21. The fourth-order valence-electron chi connectivity index (χ4n) is 4.13. The van der Waals surface area contributed by atoms with Gasteiger partial charge in [0.2, 0.25) is 11.9 Å². The summed E-state index contributed by atoms with van der Waals surface area (Å²) in [7, 11) is 0. The average molecular weight is 408 g/mol. The van der Waals surface area contributed by atoms with Gasteiger partial charge in [0.05, 0.1) is 42.8 Å². The van der Waals surface area contributed by atoms with Gasteiger partial charge in [-0.1, -0.05) is 12.1 Å². The van der Waals surface area contributed by atoms with Crippen molar-refractivity contribution in [1.29, 1.82) is 0 Å². The van der Waals surface area contributed by atoms with Crippen LogP contribution in [0.25, 0.3) is 11.0 Å². The fraction of sp³-hybridized carbons (Fsp3) is 0.429. The van der Waals surface area contributed by atoms with Crippen LogP contribution < -0.4 is 10.5 Å². The van der Waals surface area contributed by atoms with Gasteiger partial charge < -0.3 is 19.1 Å². The number of hydrogen-bond donors (Lipinski definition) is 1. The molecular weight excluding hydrogens is 384 g/mol. The summed E-state index contributed by atoms with van der Waals surface area (Å²) in [4.78, 5) is 41.2. The molecule has 0 aliphatic carbocycles. The number of nitrogens with zero attached hydrogens (tertiary/aromatic N) is 5. The van der Waals surface area contributed by atoms with Gasteiger partial charge in [0.25, 0.3) is 5.56 Å². The number of H-pyrrole nitrogens is 1. The second-order valence-corrected chi connectivity index (χ2v) is 7.66. The highest BCUT2D eigenvalue weighted by atomic mass is 16.5. The number of amides is 1. The number of aryl methyl sites for hydroxylation is 1. The number of ether oxygens (including phenoxy) is 1. The maximum absolute atomic E-state index is 12.9. The Labute approximate surface area is 173 Å². The van der Waals surface area contributed by atoms with Crippen molar-refractivity contribution in [1.82, 2.24) is 24.4 Å². The Morgan fingerprint density at radius 3 is 2.87 bits per heavy atom. The molecule has 0 unspecified atom stereocenters. The number of aromatic amines is 1. The topological polar surface area (TPSA) is 96.3 Å². The number of carbonyl (C=O) groups excluding carboxylic acids is 1. The van der Waals surface area contributed by atoms with Crippen LogP contribution in [0, 0.1) is 0 Å². The molecule has 4 heterocycles. The van der Waals surface area contributed by atoms with E-state index in [1.165, 1.54) is 0 Å². The number of hydrogen-bond acceptors (Lipinski definition) is 6. The van der Waals surface area contributed by atoms with Crippen LogP contribution in [0.4, 0.5) is 5.95 Å². The van der Waals surface area contributed by atoms with Gasteiger partial charge in [-0.25, -0.2) is 9.97 Å². The minimum absolute atomic E-state index is 0.0634. The zero-order valence-corrected chi connectivity index (χ0v) is 16.7. The van der Waals surface area contributed by atoms with E-state index in [4.69, 9.17) is 4.74 Å². The van der Waals surface area contributed by atoms with Gasteiger partial charge in [0.1, 0.15) is 0 Å².